The van der Waals surface area contributed by atoms with Crippen LogP contribution in [0.3, 0.4) is 0 Å². The van der Waals surface area contributed by atoms with Crippen LogP contribution < -0.4 is 0 Å². The van der Waals surface area contributed by atoms with E-state index in [0.717, 1.165) is 11.0 Å². The fraction of sp³-hybridized carbons (Fsp3) is 0. The average molecular weight is 200 g/mol. The van der Waals surface area contributed by atoms with Crippen LogP contribution in [0.25, 0.3) is 11.0 Å². The van der Waals surface area contributed by atoms with Gasteiger partial charge in [0, 0.05) is 0 Å². The molecule has 0 fully saturated rings. The minimum atomic E-state index is -0.407. The van der Waals surface area contributed by atoms with E-state index in [4.69, 9.17) is 0 Å². The topological polar surface area (TPSA) is 70.5 Å². The van der Waals surface area contributed by atoms with Gasteiger partial charge in [-0.15, -0.1) is 0 Å². The quantitative estimate of drug-likeness (QED) is 0.704. The number of nitrogens with zero attached hydrogens (tertiary/aromatic N) is 3. The number of amides is 2. The minimum Gasteiger partial charge on any atom is -0.345 e. The second kappa shape index (κ2) is 4.28. The monoisotopic (exact) mass is 200 g/mol. The lowest BCUT2D eigenvalue weighted by atomic mass is 10.3. The van der Waals surface area contributed by atoms with Gasteiger partial charge in [-0.3, -0.25) is 0 Å². The zero-order valence-electron chi connectivity index (χ0n) is 7.79. The minimum absolute atomic E-state index is 0.407. The molecule has 1 N–H and O–H groups in total. The maximum atomic E-state index is 9.85. The Bertz CT molecular complexity index is 483. The molecule has 2 heterocycles. The molecule has 0 aliphatic carbocycles. The Balaban J connectivity index is 0.000000124. The van der Waals surface area contributed by atoms with E-state index in [1.807, 2.05) is 24.3 Å². The first-order valence-electron chi connectivity index (χ1n) is 4.35. The molecule has 3 rings (SSSR count). The first-order chi connectivity index (χ1) is 7.36. The average Bonchev–Trinajstić information content (AvgIpc) is 2.88. The Morgan fingerprint density at radius 1 is 1.07 bits per heavy atom. The van der Waals surface area contributed by atoms with Gasteiger partial charge in [0.05, 0.1) is 29.8 Å². The summed E-state index contributed by atoms with van der Waals surface area (Å²) in [6.07, 6.45) is 4.43. The molecule has 0 atom stereocenters. The van der Waals surface area contributed by atoms with Crippen molar-refractivity contribution in [1.82, 2.24) is 9.97 Å². The molecule has 0 spiro atoms. The summed E-state index contributed by atoms with van der Waals surface area (Å²) in [6.45, 7) is 0. The van der Waals surface area contributed by atoms with Gasteiger partial charge in [0.25, 0.3) is 0 Å². The predicted octanol–water partition coefficient (Wildman–Crippen LogP) is 1.82. The molecule has 1 aliphatic rings. The lowest BCUT2D eigenvalue weighted by molar-refractivity contribution is 0.257. The molecule has 0 radical (unpaired) electrons. The lowest BCUT2D eigenvalue weighted by Gasteiger charge is -1.81. The fourth-order valence-corrected chi connectivity index (χ4v) is 1.11. The van der Waals surface area contributed by atoms with Crippen LogP contribution in [0.4, 0.5) is 4.79 Å². The molecular formula is C10H8N4O. The number of hydrogen-bond donors (Lipinski definition) is 1. The van der Waals surface area contributed by atoms with Crippen LogP contribution in [-0.4, -0.2) is 28.4 Å². The largest absolute Gasteiger partial charge is 0.367 e. The van der Waals surface area contributed by atoms with Crippen LogP contribution in [0.5, 0.6) is 0 Å². The van der Waals surface area contributed by atoms with Gasteiger partial charge in [0.2, 0.25) is 0 Å². The smallest absolute Gasteiger partial charge is 0.345 e. The van der Waals surface area contributed by atoms with Crippen molar-refractivity contribution >= 4 is 29.5 Å². The summed E-state index contributed by atoms with van der Waals surface area (Å²) in [7, 11) is 0. The van der Waals surface area contributed by atoms with E-state index in [2.05, 4.69) is 20.0 Å². The molecule has 5 heteroatoms. The number of para-hydroxylation sites is 2. The van der Waals surface area contributed by atoms with Gasteiger partial charge in [-0.25, -0.2) is 9.78 Å². The van der Waals surface area contributed by atoms with E-state index < -0.39 is 6.03 Å². The van der Waals surface area contributed by atoms with E-state index in [9.17, 15) is 4.79 Å². The van der Waals surface area contributed by atoms with Crippen molar-refractivity contribution in [1.29, 1.82) is 0 Å². The van der Waals surface area contributed by atoms with Gasteiger partial charge in [-0.1, -0.05) is 12.1 Å². The summed E-state index contributed by atoms with van der Waals surface area (Å²) in [5.74, 6) is 0. The zero-order chi connectivity index (χ0) is 10.5. The van der Waals surface area contributed by atoms with E-state index in [-0.39, 0.29) is 0 Å². The van der Waals surface area contributed by atoms with Crippen molar-refractivity contribution in [3.05, 3.63) is 30.6 Å². The number of benzene rings is 1. The van der Waals surface area contributed by atoms with E-state index >= 15 is 0 Å². The van der Waals surface area contributed by atoms with E-state index in [1.165, 1.54) is 12.4 Å². The number of fused-ring (bicyclic) bond motifs is 1. The van der Waals surface area contributed by atoms with Gasteiger partial charge in [0.1, 0.15) is 0 Å². The number of rotatable bonds is 0. The molecule has 1 aromatic carbocycles. The van der Waals surface area contributed by atoms with Crippen LogP contribution in [0.15, 0.2) is 40.6 Å². The Morgan fingerprint density at radius 3 is 2.40 bits per heavy atom. The molecule has 0 bridgehead atoms. The highest BCUT2D eigenvalue weighted by molar-refractivity contribution is 6.25. The summed E-state index contributed by atoms with van der Waals surface area (Å²) >= 11 is 0. The molecule has 1 aromatic heterocycles. The van der Waals surface area contributed by atoms with Crippen molar-refractivity contribution in [2.45, 2.75) is 0 Å². The van der Waals surface area contributed by atoms with Crippen molar-refractivity contribution in [3.8, 4) is 0 Å². The third-order valence-electron chi connectivity index (χ3n) is 1.76. The van der Waals surface area contributed by atoms with Crippen LogP contribution >= 0.6 is 0 Å². The van der Waals surface area contributed by atoms with Crippen LogP contribution in [0, 0.1) is 0 Å². The number of aromatic amines is 1. The molecule has 15 heavy (non-hydrogen) atoms. The van der Waals surface area contributed by atoms with E-state index in [0.29, 0.717) is 0 Å². The van der Waals surface area contributed by atoms with Crippen LogP contribution in [-0.2, 0) is 0 Å². The third kappa shape index (κ3) is 2.34. The van der Waals surface area contributed by atoms with E-state index in [1.54, 1.807) is 6.33 Å². The summed E-state index contributed by atoms with van der Waals surface area (Å²) < 4.78 is 0. The van der Waals surface area contributed by atoms with Crippen LogP contribution in [0.2, 0.25) is 0 Å². The lowest BCUT2D eigenvalue weighted by Crippen LogP contribution is -1.70. The summed E-state index contributed by atoms with van der Waals surface area (Å²) in [5, 5.41) is 0. The van der Waals surface area contributed by atoms with Gasteiger partial charge >= 0.3 is 6.03 Å². The normalized spacial score (nSPS) is 12.9. The molecule has 2 aromatic rings. The summed E-state index contributed by atoms with van der Waals surface area (Å²) in [5.41, 5.74) is 2.12. The molecule has 5 nitrogen and oxygen atoms in total. The molecule has 2 amide bonds. The predicted molar refractivity (Wildman–Crippen MR) is 58.5 cm³/mol. The Morgan fingerprint density at radius 2 is 1.80 bits per heavy atom. The fourth-order valence-electron chi connectivity index (χ4n) is 1.11. The van der Waals surface area contributed by atoms with Gasteiger partial charge < -0.3 is 4.98 Å². The Kier molecular flexibility index (Phi) is 2.64. The molecule has 1 aliphatic heterocycles. The second-order valence-corrected chi connectivity index (χ2v) is 2.76. The van der Waals surface area contributed by atoms with Gasteiger partial charge in [-0.2, -0.15) is 9.98 Å². The number of hydrogen-bond acceptors (Lipinski definition) is 2. The molecule has 0 saturated carbocycles. The summed E-state index contributed by atoms with van der Waals surface area (Å²) in [4.78, 5) is 23.4. The van der Waals surface area contributed by atoms with Gasteiger partial charge in [-0.05, 0) is 12.1 Å². The van der Waals surface area contributed by atoms with Crippen molar-refractivity contribution in [2.75, 3.05) is 0 Å². The molecular weight excluding hydrogens is 192 g/mol. The van der Waals surface area contributed by atoms with Crippen molar-refractivity contribution in [3.63, 3.8) is 0 Å². The number of carbonyl (C=O) groups is 1. The van der Waals surface area contributed by atoms with Crippen molar-refractivity contribution in [2.24, 2.45) is 9.98 Å². The number of carbonyl (C=O) groups excluding carboxylic acids is 1. The highest BCUT2D eigenvalue weighted by Crippen LogP contribution is 2.05. The van der Waals surface area contributed by atoms with Crippen LogP contribution in [0.1, 0.15) is 0 Å². The SMILES string of the molecule is O=C1N=CC=N1.c1ccc2[nH]cnc2c1. The number of imidazole rings is 1. The standard InChI is InChI=1S/C7H6N2.C3H2N2O/c1-2-4-7-6(3-1)8-5-9-7;6-3-4-1-2-5-3/h1-5H,(H,8,9);1-2H. The maximum absolute atomic E-state index is 9.85. The second-order valence-electron chi connectivity index (χ2n) is 2.76. The number of aliphatic imine (C=N–C) groups is 2. The first-order valence-corrected chi connectivity index (χ1v) is 4.35. The maximum Gasteiger partial charge on any atom is 0.367 e. The Labute approximate surface area is 85.6 Å². The first kappa shape index (κ1) is 9.26. The van der Waals surface area contributed by atoms with Crippen molar-refractivity contribution < 1.29 is 4.79 Å². The third-order valence-corrected chi connectivity index (χ3v) is 1.76. The zero-order valence-corrected chi connectivity index (χ0v) is 7.79. The number of urea groups is 1. The highest BCUT2D eigenvalue weighted by atomic mass is 16.2. The number of H-pyrrole nitrogens is 1. The van der Waals surface area contributed by atoms with Gasteiger partial charge in [0.15, 0.2) is 0 Å². The molecule has 74 valence electrons. The highest BCUT2D eigenvalue weighted by Gasteiger charge is 1.91. The summed E-state index contributed by atoms with van der Waals surface area (Å²) in [6, 6.07) is 7.53. The molecule has 0 saturated heterocycles. The Hall–Kier alpha value is -2.30. The molecule has 0 unspecified atom stereocenters. The number of nitrogens with one attached hydrogen (secondary N) is 1. The number of aromatic nitrogens is 2.